The fraction of sp³-hybridized carbons (Fsp3) is 0.417. The highest BCUT2D eigenvalue weighted by Gasteiger charge is 2.33. The zero-order chi connectivity index (χ0) is 21.8. The molecule has 6 nitrogen and oxygen atoms in total. The van der Waals surface area contributed by atoms with E-state index in [0.717, 1.165) is 25.4 Å². The van der Waals surface area contributed by atoms with Crippen LogP contribution in [0, 0.1) is 17.7 Å². The number of ether oxygens (including phenoxy) is 1. The summed E-state index contributed by atoms with van der Waals surface area (Å²) in [6.45, 7) is 1.59. The second kappa shape index (κ2) is 9.37. The van der Waals surface area contributed by atoms with Gasteiger partial charge < -0.3 is 20.3 Å². The van der Waals surface area contributed by atoms with Gasteiger partial charge in [0.1, 0.15) is 11.6 Å². The highest BCUT2D eigenvalue weighted by molar-refractivity contribution is 6.01. The Morgan fingerprint density at radius 3 is 2.39 bits per heavy atom. The van der Waals surface area contributed by atoms with Crippen LogP contribution in [0.4, 0.5) is 20.6 Å². The average molecular weight is 426 g/mol. The molecule has 1 saturated heterocycles. The summed E-state index contributed by atoms with van der Waals surface area (Å²) in [5, 5.41) is 5.35. The Morgan fingerprint density at radius 1 is 0.968 bits per heavy atom. The van der Waals surface area contributed by atoms with Gasteiger partial charge in [0.25, 0.3) is 5.91 Å². The molecule has 0 unspecified atom stereocenters. The monoisotopic (exact) mass is 425 g/mol. The molecule has 164 valence electrons. The Labute approximate surface area is 181 Å². The van der Waals surface area contributed by atoms with Crippen molar-refractivity contribution in [3.63, 3.8) is 0 Å². The third-order valence-corrected chi connectivity index (χ3v) is 6.37. The highest BCUT2D eigenvalue weighted by atomic mass is 19.1. The van der Waals surface area contributed by atoms with Gasteiger partial charge in [-0.15, -0.1) is 0 Å². The molecule has 4 rings (SSSR count). The maximum absolute atomic E-state index is 13.2. The molecule has 3 amide bonds. The Bertz CT molecular complexity index is 948. The number of likely N-dealkylation sites (tertiary alicyclic amines) is 1. The number of methoxy groups -OCH3 is 1. The van der Waals surface area contributed by atoms with Gasteiger partial charge in [-0.25, -0.2) is 9.18 Å². The van der Waals surface area contributed by atoms with Crippen LogP contribution in [0.1, 0.15) is 42.5 Å². The van der Waals surface area contributed by atoms with E-state index in [4.69, 9.17) is 4.74 Å². The molecule has 2 aliphatic rings. The molecule has 0 aromatic heterocycles. The van der Waals surface area contributed by atoms with Gasteiger partial charge in [0, 0.05) is 30.5 Å². The number of hydrogen-bond donors (Lipinski definition) is 2. The molecule has 0 spiro atoms. The first kappa shape index (κ1) is 21.2. The van der Waals surface area contributed by atoms with E-state index >= 15 is 0 Å². The largest absolute Gasteiger partial charge is 0.496 e. The van der Waals surface area contributed by atoms with Crippen molar-refractivity contribution in [2.45, 2.75) is 32.1 Å². The molecular weight excluding hydrogens is 397 g/mol. The Kier molecular flexibility index (Phi) is 6.39. The van der Waals surface area contributed by atoms with Crippen LogP contribution in [0.2, 0.25) is 0 Å². The number of hydrogen-bond acceptors (Lipinski definition) is 3. The third kappa shape index (κ3) is 4.98. The number of carbonyl (C=O) groups is 2. The van der Waals surface area contributed by atoms with E-state index < -0.39 is 6.03 Å². The predicted octanol–water partition coefficient (Wildman–Crippen LogP) is 5.13. The number of carbonyl (C=O) groups excluding carboxylic acids is 2. The number of fused-ring (bicyclic) bond motifs is 1. The van der Waals surface area contributed by atoms with E-state index in [-0.39, 0.29) is 11.7 Å². The lowest BCUT2D eigenvalue weighted by atomic mass is 9.75. The van der Waals surface area contributed by atoms with Crippen LogP contribution in [-0.4, -0.2) is 37.0 Å². The zero-order valence-corrected chi connectivity index (χ0v) is 17.7. The van der Waals surface area contributed by atoms with E-state index in [9.17, 15) is 14.0 Å². The fourth-order valence-electron chi connectivity index (χ4n) is 4.73. The minimum Gasteiger partial charge on any atom is -0.496 e. The van der Waals surface area contributed by atoms with Crippen molar-refractivity contribution in [1.29, 1.82) is 0 Å². The number of benzene rings is 2. The van der Waals surface area contributed by atoms with Gasteiger partial charge in [-0.05, 0) is 61.1 Å². The minimum absolute atomic E-state index is 0.0248. The molecule has 2 fully saturated rings. The third-order valence-electron chi connectivity index (χ3n) is 6.37. The number of nitrogens with one attached hydrogen (secondary N) is 2. The van der Waals surface area contributed by atoms with Crippen molar-refractivity contribution in [3.05, 3.63) is 53.8 Å². The lowest BCUT2D eigenvalue weighted by Gasteiger charge is -2.41. The number of amides is 3. The summed E-state index contributed by atoms with van der Waals surface area (Å²) in [6.07, 6.45) is 6.13. The average Bonchev–Trinajstić information content (AvgIpc) is 2.79. The van der Waals surface area contributed by atoms with Crippen LogP contribution in [-0.2, 0) is 0 Å². The highest BCUT2D eigenvalue weighted by Crippen LogP contribution is 2.37. The first-order valence-corrected chi connectivity index (χ1v) is 10.8. The second-order valence-electron chi connectivity index (χ2n) is 8.35. The van der Waals surface area contributed by atoms with Gasteiger partial charge in [0.2, 0.25) is 0 Å². The number of urea groups is 1. The quantitative estimate of drug-likeness (QED) is 0.713. The lowest BCUT2D eigenvalue weighted by molar-refractivity contribution is 0.0518. The van der Waals surface area contributed by atoms with E-state index in [1.807, 2.05) is 4.90 Å². The molecule has 1 saturated carbocycles. The molecule has 2 aromatic carbocycles. The SMILES string of the molecule is COc1cc(NC(=O)Nc2ccc(F)cc2)ccc1C(=O)N1CC[C@H]2CCCC[C@H]2C1. The zero-order valence-electron chi connectivity index (χ0n) is 17.7. The van der Waals surface area contributed by atoms with E-state index in [1.165, 1.54) is 57.1 Å². The summed E-state index contributed by atoms with van der Waals surface area (Å²) in [6, 6.07) is 10.1. The number of piperidine rings is 1. The molecule has 0 bridgehead atoms. The van der Waals surface area contributed by atoms with Crippen molar-refractivity contribution < 1.29 is 18.7 Å². The van der Waals surface area contributed by atoms with Crippen LogP contribution in [0.25, 0.3) is 0 Å². The number of anilines is 2. The molecule has 1 aliphatic heterocycles. The first-order chi connectivity index (χ1) is 15.0. The van der Waals surface area contributed by atoms with Gasteiger partial charge in [-0.3, -0.25) is 4.79 Å². The standard InChI is InChI=1S/C24H28FN3O3/c1-31-22-14-20(27-24(30)26-19-8-6-18(25)7-9-19)10-11-21(22)23(29)28-13-12-16-4-2-3-5-17(16)15-28/h6-11,14,16-17H,2-5,12-13,15H2,1H3,(H2,26,27,30)/t16-,17+/m1/s1. The normalized spacial score (nSPS) is 20.5. The van der Waals surface area contributed by atoms with Crippen LogP contribution < -0.4 is 15.4 Å². The van der Waals surface area contributed by atoms with Gasteiger partial charge >= 0.3 is 6.03 Å². The smallest absolute Gasteiger partial charge is 0.323 e. The van der Waals surface area contributed by atoms with E-state index in [2.05, 4.69) is 10.6 Å². The summed E-state index contributed by atoms with van der Waals surface area (Å²) in [5.74, 6) is 1.39. The Balaban J connectivity index is 1.42. The molecule has 7 heteroatoms. The van der Waals surface area contributed by atoms with Crippen molar-refractivity contribution >= 4 is 23.3 Å². The van der Waals surface area contributed by atoms with Crippen molar-refractivity contribution in [3.8, 4) is 5.75 Å². The summed E-state index contributed by atoms with van der Waals surface area (Å²) < 4.78 is 18.5. The molecule has 0 radical (unpaired) electrons. The summed E-state index contributed by atoms with van der Waals surface area (Å²) in [7, 11) is 1.52. The van der Waals surface area contributed by atoms with Crippen LogP contribution >= 0.6 is 0 Å². The minimum atomic E-state index is -0.466. The molecular formula is C24H28FN3O3. The van der Waals surface area contributed by atoms with Crippen molar-refractivity contribution in [2.75, 3.05) is 30.8 Å². The van der Waals surface area contributed by atoms with E-state index in [1.54, 1.807) is 18.2 Å². The fourth-order valence-corrected chi connectivity index (χ4v) is 4.73. The molecule has 2 N–H and O–H groups in total. The first-order valence-electron chi connectivity index (χ1n) is 10.8. The summed E-state index contributed by atoms with van der Waals surface area (Å²) in [4.78, 5) is 27.3. The maximum atomic E-state index is 13.2. The topological polar surface area (TPSA) is 70.7 Å². The van der Waals surface area contributed by atoms with Gasteiger partial charge in [0.15, 0.2) is 0 Å². The Morgan fingerprint density at radius 2 is 1.65 bits per heavy atom. The maximum Gasteiger partial charge on any atom is 0.323 e. The lowest BCUT2D eigenvalue weighted by Crippen LogP contribution is -2.44. The van der Waals surface area contributed by atoms with Gasteiger partial charge in [-0.2, -0.15) is 0 Å². The van der Waals surface area contributed by atoms with E-state index in [0.29, 0.717) is 28.6 Å². The van der Waals surface area contributed by atoms with Crippen LogP contribution in [0.3, 0.4) is 0 Å². The van der Waals surface area contributed by atoms with Crippen molar-refractivity contribution in [1.82, 2.24) is 4.90 Å². The molecule has 2 aromatic rings. The van der Waals surface area contributed by atoms with Gasteiger partial charge in [0.05, 0.1) is 12.7 Å². The van der Waals surface area contributed by atoms with Gasteiger partial charge in [-0.1, -0.05) is 19.3 Å². The molecule has 31 heavy (non-hydrogen) atoms. The number of nitrogens with zero attached hydrogens (tertiary/aromatic N) is 1. The van der Waals surface area contributed by atoms with Crippen molar-refractivity contribution in [2.24, 2.45) is 11.8 Å². The molecule has 2 atom stereocenters. The second-order valence-corrected chi connectivity index (χ2v) is 8.35. The predicted molar refractivity (Wildman–Crippen MR) is 118 cm³/mol. The van der Waals surface area contributed by atoms with Crippen LogP contribution in [0.5, 0.6) is 5.75 Å². The summed E-state index contributed by atoms with van der Waals surface area (Å²) >= 11 is 0. The molecule has 1 aliphatic carbocycles. The molecule has 1 heterocycles. The summed E-state index contributed by atoms with van der Waals surface area (Å²) in [5.41, 5.74) is 1.48. The van der Waals surface area contributed by atoms with Crippen LogP contribution in [0.15, 0.2) is 42.5 Å². The number of halogens is 1. The number of rotatable bonds is 4. The Hall–Kier alpha value is -3.09.